The molecule has 2 unspecified atom stereocenters. The number of carbonyl (C=O) groups is 1. The number of hydrogen-bond donors (Lipinski definition) is 0. The van der Waals surface area contributed by atoms with Gasteiger partial charge in [0.2, 0.25) is 0 Å². The zero-order valence-electron chi connectivity index (χ0n) is 9.31. The Labute approximate surface area is 95.8 Å². The standard InChI is InChI=1S/C12H18O2S/c1-3-4-5-6-7-8-9-11-14-12(13)10(2)15-11/h6-11H,3-5H2,1-2H3/b7-6+,9-8+. The molecule has 2 atom stereocenters. The van der Waals surface area contributed by atoms with Gasteiger partial charge in [0.25, 0.3) is 0 Å². The fourth-order valence-electron chi connectivity index (χ4n) is 1.23. The summed E-state index contributed by atoms with van der Waals surface area (Å²) in [7, 11) is 0. The van der Waals surface area contributed by atoms with Gasteiger partial charge in [0, 0.05) is 0 Å². The molecule has 0 radical (unpaired) electrons. The number of allylic oxidation sites excluding steroid dienone is 3. The number of carbonyl (C=O) groups excluding carboxylic acids is 1. The van der Waals surface area contributed by atoms with Crippen LogP contribution in [0.15, 0.2) is 24.3 Å². The van der Waals surface area contributed by atoms with Crippen molar-refractivity contribution in [3.63, 3.8) is 0 Å². The first kappa shape index (κ1) is 12.4. The van der Waals surface area contributed by atoms with Crippen LogP contribution in [-0.2, 0) is 9.53 Å². The van der Waals surface area contributed by atoms with Crippen LogP contribution < -0.4 is 0 Å². The van der Waals surface area contributed by atoms with Gasteiger partial charge in [0.15, 0.2) is 5.44 Å². The van der Waals surface area contributed by atoms with E-state index in [9.17, 15) is 4.79 Å². The monoisotopic (exact) mass is 226 g/mol. The molecule has 0 aromatic heterocycles. The Hall–Kier alpha value is -0.700. The van der Waals surface area contributed by atoms with Crippen LogP contribution in [0.25, 0.3) is 0 Å². The molecule has 1 heterocycles. The van der Waals surface area contributed by atoms with E-state index in [0.29, 0.717) is 0 Å². The molecule has 0 bridgehead atoms. The summed E-state index contributed by atoms with van der Waals surface area (Å²) in [5, 5.41) is -0.0243. The van der Waals surface area contributed by atoms with Gasteiger partial charge < -0.3 is 4.74 Å². The number of esters is 1. The number of hydrogen-bond acceptors (Lipinski definition) is 3. The molecule has 15 heavy (non-hydrogen) atoms. The van der Waals surface area contributed by atoms with Gasteiger partial charge in [-0.25, -0.2) is 0 Å². The Morgan fingerprint density at radius 3 is 2.87 bits per heavy atom. The third-order valence-electron chi connectivity index (χ3n) is 2.14. The van der Waals surface area contributed by atoms with Gasteiger partial charge in [-0.05, 0) is 19.4 Å². The van der Waals surface area contributed by atoms with E-state index in [-0.39, 0.29) is 16.7 Å². The van der Waals surface area contributed by atoms with Crippen molar-refractivity contribution in [3.8, 4) is 0 Å². The van der Waals surface area contributed by atoms with E-state index in [2.05, 4.69) is 13.0 Å². The van der Waals surface area contributed by atoms with E-state index in [1.54, 1.807) is 11.8 Å². The highest BCUT2D eigenvalue weighted by Crippen LogP contribution is 2.28. The Morgan fingerprint density at radius 2 is 2.27 bits per heavy atom. The molecule has 0 spiro atoms. The Bertz CT molecular complexity index is 258. The van der Waals surface area contributed by atoms with Crippen molar-refractivity contribution in [2.75, 3.05) is 0 Å². The first-order valence-corrected chi connectivity index (χ1v) is 6.37. The number of thioether (sulfide) groups is 1. The average molecular weight is 226 g/mol. The molecule has 0 aliphatic carbocycles. The van der Waals surface area contributed by atoms with Crippen LogP contribution in [0.4, 0.5) is 0 Å². The fourth-order valence-corrected chi connectivity index (χ4v) is 2.13. The fraction of sp³-hybridized carbons (Fsp3) is 0.583. The van der Waals surface area contributed by atoms with Crippen LogP contribution in [0.5, 0.6) is 0 Å². The molecule has 3 heteroatoms. The second-order valence-corrected chi connectivity index (χ2v) is 4.98. The lowest BCUT2D eigenvalue weighted by Crippen LogP contribution is -2.06. The highest BCUT2D eigenvalue weighted by atomic mass is 32.2. The van der Waals surface area contributed by atoms with Crippen LogP contribution in [0.3, 0.4) is 0 Å². The van der Waals surface area contributed by atoms with Crippen LogP contribution in [0.2, 0.25) is 0 Å². The summed E-state index contributed by atoms with van der Waals surface area (Å²) >= 11 is 1.55. The zero-order valence-corrected chi connectivity index (χ0v) is 10.1. The molecule has 0 aromatic carbocycles. The summed E-state index contributed by atoms with van der Waals surface area (Å²) in [6, 6.07) is 0. The van der Waals surface area contributed by atoms with Crippen LogP contribution >= 0.6 is 11.8 Å². The molecule has 0 N–H and O–H groups in total. The van der Waals surface area contributed by atoms with Crippen LogP contribution in [-0.4, -0.2) is 16.7 Å². The van der Waals surface area contributed by atoms with Crippen molar-refractivity contribution in [3.05, 3.63) is 24.3 Å². The maximum Gasteiger partial charge on any atom is 0.320 e. The molecule has 1 aliphatic rings. The molecule has 1 fully saturated rings. The topological polar surface area (TPSA) is 26.3 Å². The molecular weight excluding hydrogens is 208 g/mol. The molecule has 2 nitrogen and oxygen atoms in total. The van der Waals surface area contributed by atoms with Crippen LogP contribution in [0.1, 0.15) is 33.1 Å². The zero-order chi connectivity index (χ0) is 11.1. The van der Waals surface area contributed by atoms with Crippen LogP contribution in [0, 0.1) is 0 Å². The molecule has 0 saturated carbocycles. The molecule has 0 amide bonds. The van der Waals surface area contributed by atoms with Gasteiger partial charge in [-0.1, -0.05) is 49.8 Å². The summed E-state index contributed by atoms with van der Waals surface area (Å²) in [5.41, 5.74) is -0.0941. The summed E-state index contributed by atoms with van der Waals surface area (Å²) < 4.78 is 5.10. The van der Waals surface area contributed by atoms with Gasteiger partial charge in [0.05, 0.1) is 0 Å². The molecule has 1 saturated heterocycles. The summed E-state index contributed by atoms with van der Waals surface area (Å²) in [4.78, 5) is 11.1. The molecular formula is C12H18O2S. The number of ether oxygens (including phenoxy) is 1. The smallest absolute Gasteiger partial charge is 0.320 e. The van der Waals surface area contributed by atoms with Gasteiger partial charge in [-0.2, -0.15) is 0 Å². The minimum Gasteiger partial charge on any atom is -0.446 e. The lowest BCUT2D eigenvalue weighted by molar-refractivity contribution is -0.140. The Balaban J connectivity index is 2.21. The van der Waals surface area contributed by atoms with E-state index in [1.165, 1.54) is 12.8 Å². The third-order valence-corrected chi connectivity index (χ3v) is 3.26. The summed E-state index contributed by atoms with van der Waals surface area (Å²) in [5.74, 6) is -0.107. The van der Waals surface area contributed by atoms with Crippen molar-refractivity contribution >= 4 is 17.7 Å². The molecule has 0 aromatic rings. The lowest BCUT2D eigenvalue weighted by Gasteiger charge is -1.98. The van der Waals surface area contributed by atoms with Gasteiger partial charge in [-0.3, -0.25) is 4.79 Å². The van der Waals surface area contributed by atoms with Crippen molar-refractivity contribution < 1.29 is 9.53 Å². The van der Waals surface area contributed by atoms with E-state index < -0.39 is 0 Å². The maximum absolute atomic E-state index is 11.1. The second-order valence-electron chi connectivity index (χ2n) is 3.54. The van der Waals surface area contributed by atoms with E-state index in [0.717, 1.165) is 6.42 Å². The largest absolute Gasteiger partial charge is 0.446 e. The molecule has 84 valence electrons. The van der Waals surface area contributed by atoms with Crippen molar-refractivity contribution in [1.82, 2.24) is 0 Å². The maximum atomic E-state index is 11.1. The molecule has 1 rings (SSSR count). The number of unbranched alkanes of at least 4 members (excludes halogenated alkanes) is 2. The predicted octanol–water partition coefficient (Wildman–Crippen LogP) is 3.29. The highest BCUT2D eigenvalue weighted by Gasteiger charge is 2.29. The molecule has 1 aliphatic heterocycles. The van der Waals surface area contributed by atoms with Crippen molar-refractivity contribution in [2.45, 2.75) is 43.8 Å². The summed E-state index contributed by atoms with van der Waals surface area (Å²) in [6.45, 7) is 4.05. The van der Waals surface area contributed by atoms with E-state index in [4.69, 9.17) is 4.74 Å². The third kappa shape index (κ3) is 4.56. The van der Waals surface area contributed by atoms with E-state index >= 15 is 0 Å². The number of rotatable bonds is 5. The predicted molar refractivity (Wildman–Crippen MR) is 64.7 cm³/mol. The van der Waals surface area contributed by atoms with Crippen molar-refractivity contribution in [1.29, 1.82) is 0 Å². The summed E-state index contributed by atoms with van der Waals surface area (Å²) in [6.07, 6.45) is 11.6. The second kappa shape index (κ2) is 6.72. The van der Waals surface area contributed by atoms with Gasteiger partial charge in [0.1, 0.15) is 5.25 Å². The average Bonchev–Trinajstić information content (AvgIpc) is 2.52. The SMILES string of the molecule is CCCC/C=C/C=C/C1OC(=O)C(C)S1. The lowest BCUT2D eigenvalue weighted by atomic mass is 10.2. The highest BCUT2D eigenvalue weighted by molar-refractivity contribution is 8.01. The van der Waals surface area contributed by atoms with Crippen molar-refractivity contribution in [2.24, 2.45) is 0 Å². The quantitative estimate of drug-likeness (QED) is 0.409. The van der Waals surface area contributed by atoms with Gasteiger partial charge in [-0.15, -0.1) is 0 Å². The first-order chi connectivity index (χ1) is 7.24. The van der Waals surface area contributed by atoms with Gasteiger partial charge >= 0.3 is 5.97 Å². The Morgan fingerprint density at radius 1 is 1.47 bits per heavy atom. The first-order valence-electron chi connectivity index (χ1n) is 5.43. The minimum absolute atomic E-state index is 0.0243. The Kier molecular flexibility index (Phi) is 5.54. The minimum atomic E-state index is -0.107. The number of cyclic esters (lactones) is 1. The normalized spacial score (nSPS) is 26.7. The van der Waals surface area contributed by atoms with E-state index in [1.807, 2.05) is 25.2 Å².